The van der Waals surface area contributed by atoms with Crippen molar-refractivity contribution in [3.63, 3.8) is 0 Å². The van der Waals surface area contributed by atoms with E-state index in [0.29, 0.717) is 0 Å². The van der Waals surface area contributed by atoms with E-state index < -0.39 is 0 Å². The average molecular weight is 444 g/mol. The Morgan fingerprint density at radius 1 is 0.500 bits per heavy atom. The van der Waals surface area contributed by atoms with Crippen LogP contribution in [0.15, 0.2) is 93.9 Å². The maximum absolute atomic E-state index is 8.00. The lowest BCUT2D eigenvalue weighted by molar-refractivity contribution is -0.0979. The number of halogens is 2. The molecule has 0 saturated heterocycles. The zero-order chi connectivity index (χ0) is 17.4. The Kier molecular flexibility index (Phi) is 7.16. The number of benzene rings is 4. The van der Waals surface area contributed by atoms with E-state index in [2.05, 4.69) is 92.5 Å². The van der Waals surface area contributed by atoms with Crippen molar-refractivity contribution in [2.45, 2.75) is 0 Å². The molecule has 0 aromatic heterocycles. The van der Waals surface area contributed by atoms with Gasteiger partial charge in [-0.15, -0.1) is 0 Å². The number of hydrogen-bond donors (Lipinski definition) is 0. The number of carbonyl (C=O) groups is 1. The molecule has 0 fully saturated rings. The quantitative estimate of drug-likeness (QED) is 0.285. The van der Waals surface area contributed by atoms with Crippen LogP contribution in [0.2, 0.25) is 0 Å². The largest absolute Gasteiger partial charge is 0.307 e. The Hall–Kier alpha value is -1.97. The van der Waals surface area contributed by atoms with Gasteiger partial charge in [0.25, 0.3) is 0 Å². The normalized spacial score (nSPS) is 9.58. The SMILES string of the molecule is Brc1cccc2ccccc12.Brc1cccc2ccccc12.C=O. The molecule has 0 radical (unpaired) electrons. The lowest BCUT2D eigenvalue weighted by Gasteiger charge is -1.97. The molecule has 4 aromatic rings. The minimum atomic E-state index is 1.16. The lowest BCUT2D eigenvalue weighted by atomic mass is 10.1. The molecule has 4 aromatic carbocycles. The third-order valence-corrected chi connectivity index (χ3v) is 4.86. The second-order valence-electron chi connectivity index (χ2n) is 4.92. The van der Waals surface area contributed by atoms with Gasteiger partial charge >= 0.3 is 0 Å². The van der Waals surface area contributed by atoms with Gasteiger partial charge < -0.3 is 4.79 Å². The van der Waals surface area contributed by atoms with E-state index in [9.17, 15) is 0 Å². The third kappa shape index (κ3) is 4.53. The second-order valence-corrected chi connectivity index (χ2v) is 6.63. The lowest BCUT2D eigenvalue weighted by Crippen LogP contribution is -1.71. The summed E-state index contributed by atoms with van der Waals surface area (Å²) in [6, 6.07) is 29.1. The summed E-state index contributed by atoms with van der Waals surface area (Å²) >= 11 is 6.99. The zero-order valence-electron chi connectivity index (χ0n) is 13.0. The first-order valence-corrected chi connectivity index (χ1v) is 8.90. The highest BCUT2D eigenvalue weighted by Gasteiger charge is 1.94. The van der Waals surface area contributed by atoms with Gasteiger partial charge in [0.05, 0.1) is 0 Å². The molecule has 0 aliphatic heterocycles. The van der Waals surface area contributed by atoms with E-state index >= 15 is 0 Å². The molecule has 0 amide bonds. The predicted molar refractivity (Wildman–Crippen MR) is 110 cm³/mol. The van der Waals surface area contributed by atoms with Gasteiger partial charge in [0.15, 0.2) is 0 Å². The van der Waals surface area contributed by atoms with Gasteiger partial charge in [-0.3, -0.25) is 0 Å². The molecular formula is C21H16Br2O. The Labute approximate surface area is 158 Å². The summed E-state index contributed by atoms with van der Waals surface area (Å²) in [5.74, 6) is 0. The molecule has 0 aliphatic rings. The van der Waals surface area contributed by atoms with Crippen LogP contribution in [-0.4, -0.2) is 6.79 Å². The molecule has 0 N–H and O–H groups in total. The van der Waals surface area contributed by atoms with Crippen LogP contribution in [0, 0.1) is 0 Å². The van der Waals surface area contributed by atoms with Gasteiger partial charge in [-0.25, -0.2) is 0 Å². The summed E-state index contributed by atoms with van der Waals surface area (Å²) in [6.45, 7) is 2.00. The first kappa shape index (κ1) is 18.4. The van der Waals surface area contributed by atoms with Crippen molar-refractivity contribution in [2.75, 3.05) is 0 Å². The van der Waals surface area contributed by atoms with E-state index in [-0.39, 0.29) is 0 Å². The van der Waals surface area contributed by atoms with Crippen molar-refractivity contribution in [3.8, 4) is 0 Å². The van der Waals surface area contributed by atoms with Crippen LogP contribution in [0.4, 0.5) is 0 Å². The van der Waals surface area contributed by atoms with Crippen LogP contribution in [0.1, 0.15) is 0 Å². The van der Waals surface area contributed by atoms with Crippen LogP contribution in [0.25, 0.3) is 21.5 Å². The number of carbonyl (C=O) groups excluding carboxylic acids is 1. The topological polar surface area (TPSA) is 17.1 Å². The van der Waals surface area contributed by atoms with Crippen molar-refractivity contribution in [3.05, 3.63) is 93.9 Å². The Bertz CT molecular complexity index is 847. The minimum Gasteiger partial charge on any atom is -0.307 e. The fourth-order valence-corrected chi connectivity index (χ4v) is 3.40. The Balaban J connectivity index is 0.000000158. The molecule has 0 bridgehead atoms. The van der Waals surface area contributed by atoms with Crippen LogP contribution < -0.4 is 0 Å². The van der Waals surface area contributed by atoms with E-state index in [1.165, 1.54) is 21.5 Å². The van der Waals surface area contributed by atoms with Crippen molar-refractivity contribution in [1.82, 2.24) is 0 Å². The van der Waals surface area contributed by atoms with Gasteiger partial charge in [-0.2, -0.15) is 0 Å². The molecule has 120 valence electrons. The van der Waals surface area contributed by atoms with Gasteiger partial charge in [-0.05, 0) is 33.7 Å². The molecule has 0 aliphatic carbocycles. The Morgan fingerprint density at radius 2 is 0.833 bits per heavy atom. The van der Waals surface area contributed by atoms with Crippen molar-refractivity contribution in [2.24, 2.45) is 0 Å². The second kappa shape index (κ2) is 9.36. The first-order valence-electron chi connectivity index (χ1n) is 7.31. The van der Waals surface area contributed by atoms with Crippen LogP contribution in [0.3, 0.4) is 0 Å². The summed E-state index contributed by atoms with van der Waals surface area (Å²) in [6.07, 6.45) is 0. The smallest absolute Gasteiger partial charge is 0.106 e. The maximum Gasteiger partial charge on any atom is 0.106 e. The molecule has 4 rings (SSSR count). The number of fused-ring (bicyclic) bond motifs is 2. The molecule has 0 spiro atoms. The molecule has 1 nitrogen and oxygen atoms in total. The third-order valence-electron chi connectivity index (χ3n) is 3.47. The summed E-state index contributed by atoms with van der Waals surface area (Å²) in [5.41, 5.74) is 0. The van der Waals surface area contributed by atoms with E-state index in [4.69, 9.17) is 4.79 Å². The van der Waals surface area contributed by atoms with E-state index in [1.54, 1.807) is 0 Å². The predicted octanol–water partition coefficient (Wildman–Crippen LogP) is 7.02. The highest BCUT2D eigenvalue weighted by atomic mass is 79.9. The minimum absolute atomic E-state index is 1.16. The molecule has 3 heteroatoms. The summed E-state index contributed by atoms with van der Waals surface area (Å²) in [5, 5.41) is 5.11. The van der Waals surface area contributed by atoms with Crippen LogP contribution in [-0.2, 0) is 4.79 Å². The molecule has 0 unspecified atom stereocenters. The van der Waals surface area contributed by atoms with Crippen molar-refractivity contribution < 1.29 is 4.79 Å². The van der Waals surface area contributed by atoms with Crippen molar-refractivity contribution >= 4 is 60.2 Å². The standard InChI is InChI=1S/2C10H7Br.CH2O/c2*11-10-7-3-5-8-4-1-2-6-9(8)10;1-2/h2*1-7H;1H2. The Morgan fingerprint density at radius 3 is 1.21 bits per heavy atom. The van der Waals surface area contributed by atoms with Crippen molar-refractivity contribution in [1.29, 1.82) is 0 Å². The molecule has 24 heavy (non-hydrogen) atoms. The highest BCUT2D eigenvalue weighted by molar-refractivity contribution is 9.11. The summed E-state index contributed by atoms with van der Waals surface area (Å²) in [4.78, 5) is 8.00. The van der Waals surface area contributed by atoms with E-state index in [1.807, 2.05) is 31.1 Å². The number of rotatable bonds is 0. The summed E-state index contributed by atoms with van der Waals surface area (Å²) in [7, 11) is 0. The molecular weight excluding hydrogens is 428 g/mol. The first-order chi connectivity index (χ1) is 11.8. The zero-order valence-corrected chi connectivity index (χ0v) is 16.1. The van der Waals surface area contributed by atoms with Gasteiger partial charge in [-0.1, -0.05) is 105 Å². The highest BCUT2D eigenvalue weighted by Crippen LogP contribution is 2.23. The number of hydrogen-bond acceptors (Lipinski definition) is 1. The molecule has 0 saturated carbocycles. The molecule has 0 heterocycles. The fourth-order valence-electron chi connectivity index (χ4n) is 2.37. The van der Waals surface area contributed by atoms with E-state index in [0.717, 1.165) is 8.95 Å². The monoisotopic (exact) mass is 442 g/mol. The summed E-state index contributed by atoms with van der Waals surface area (Å²) < 4.78 is 2.33. The average Bonchev–Trinajstić information content (AvgIpc) is 2.65. The maximum atomic E-state index is 8.00. The van der Waals surface area contributed by atoms with Crippen LogP contribution in [0.5, 0.6) is 0 Å². The fraction of sp³-hybridized carbons (Fsp3) is 0. The van der Waals surface area contributed by atoms with Gasteiger partial charge in [0.2, 0.25) is 0 Å². The van der Waals surface area contributed by atoms with Crippen LogP contribution >= 0.6 is 31.9 Å². The van der Waals surface area contributed by atoms with Gasteiger partial charge in [0, 0.05) is 8.95 Å². The molecule has 0 atom stereocenters. The van der Waals surface area contributed by atoms with Gasteiger partial charge in [0.1, 0.15) is 6.79 Å².